The van der Waals surface area contributed by atoms with Crippen LogP contribution in [0, 0.1) is 0 Å². The van der Waals surface area contributed by atoms with Gasteiger partial charge >= 0.3 is 5.97 Å². The molecule has 0 aliphatic carbocycles. The van der Waals surface area contributed by atoms with E-state index < -0.39 is 0 Å². The Labute approximate surface area is 103 Å². The number of phenols is 1. The van der Waals surface area contributed by atoms with Crippen molar-refractivity contribution in [1.82, 2.24) is 0 Å². The molecule has 1 aromatic rings. The highest BCUT2D eigenvalue weighted by molar-refractivity contribution is 8.00. The van der Waals surface area contributed by atoms with Crippen molar-refractivity contribution in [1.29, 1.82) is 0 Å². The number of phenolic OH excluding ortho intramolecular Hbond substituents is 1. The van der Waals surface area contributed by atoms with Crippen molar-refractivity contribution in [2.24, 2.45) is 0 Å². The molecule has 0 unspecified atom stereocenters. The molecular weight excluding hydrogens is 242 g/mol. The number of aromatic hydroxyl groups is 1. The molecule has 0 aliphatic heterocycles. The molecule has 1 amide bonds. The summed E-state index contributed by atoms with van der Waals surface area (Å²) in [6.07, 6.45) is 0. The van der Waals surface area contributed by atoms with Crippen LogP contribution in [0.3, 0.4) is 0 Å². The molecule has 0 aromatic heterocycles. The number of nitrogens with one attached hydrogen (secondary N) is 1. The molecule has 0 saturated heterocycles. The van der Waals surface area contributed by atoms with Crippen LogP contribution in [0.1, 0.15) is 6.92 Å². The molecule has 2 N–H and O–H groups in total. The van der Waals surface area contributed by atoms with Crippen LogP contribution in [-0.4, -0.2) is 29.8 Å². The van der Waals surface area contributed by atoms with Gasteiger partial charge in [0, 0.05) is 12.6 Å². The van der Waals surface area contributed by atoms with Crippen LogP contribution in [0.15, 0.2) is 23.1 Å². The normalized spacial score (nSPS) is 9.76. The molecule has 0 aliphatic rings. The van der Waals surface area contributed by atoms with Gasteiger partial charge in [-0.2, -0.15) is 0 Å². The van der Waals surface area contributed by atoms with Crippen LogP contribution < -0.4 is 5.32 Å². The molecule has 0 saturated carbocycles. The van der Waals surface area contributed by atoms with Crippen LogP contribution in [0.2, 0.25) is 0 Å². The maximum absolute atomic E-state index is 11.0. The third kappa shape index (κ3) is 4.36. The molecule has 0 radical (unpaired) electrons. The fraction of sp³-hybridized carbons (Fsp3) is 0.273. The third-order valence-electron chi connectivity index (χ3n) is 1.85. The quantitative estimate of drug-likeness (QED) is 0.485. The van der Waals surface area contributed by atoms with Gasteiger partial charge in [0.25, 0.3) is 0 Å². The SMILES string of the molecule is COC(=O)CSc1cc(NC(C)=O)ccc1O. The topological polar surface area (TPSA) is 75.6 Å². The maximum atomic E-state index is 11.0. The van der Waals surface area contributed by atoms with Crippen molar-refractivity contribution in [2.75, 3.05) is 18.2 Å². The van der Waals surface area contributed by atoms with E-state index in [4.69, 9.17) is 0 Å². The summed E-state index contributed by atoms with van der Waals surface area (Å²) in [6, 6.07) is 4.65. The van der Waals surface area contributed by atoms with Crippen LogP contribution >= 0.6 is 11.8 Å². The molecular formula is C11H13NO4S. The van der Waals surface area contributed by atoms with Gasteiger partial charge in [-0.05, 0) is 18.2 Å². The molecule has 1 aromatic carbocycles. The summed E-state index contributed by atoms with van der Waals surface area (Å²) in [5.41, 5.74) is 0.572. The van der Waals surface area contributed by atoms with Crippen molar-refractivity contribution in [3.63, 3.8) is 0 Å². The van der Waals surface area contributed by atoms with E-state index >= 15 is 0 Å². The van der Waals surface area contributed by atoms with Gasteiger partial charge in [0.2, 0.25) is 5.91 Å². The second-order valence-electron chi connectivity index (χ2n) is 3.23. The molecule has 6 heteroatoms. The van der Waals surface area contributed by atoms with Gasteiger partial charge in [-0.1, -0.05) is 0 Å². The first-order valence-corrected chi connectivity index (χ1v) is 5.81. The second kappa shape index (κ2) is 6.15. The number of rotatable bonds is 4. The van der Waals surface area contributed by atoms with Crippen molar-refractivity contribution < 1.29 is 19.4 Å². The summed E-state index contributed by atoms with van der Waals surface area (Å²) in [5, 5.41) is 12.2. The van der Waals surface area contributed by atoms with E-state index in [0.29, 0.717) is 10.6 Å². The largest absolute Gasteiger partial charge is 0.507 e. The van der Waals surface area contributed by atoms with Crippen LogP contribution in [0.25, 0.3) is 0 Å². The molecule has 92 valence electrons. The van der Waals surface area contributed by atoms with Crippen molar-refractivity contribution in [2.45, 2.75) is 11.8 Å². The van der Waals surface area contributed by atoms with Crippen molar-refractivity contribution >= 4 is 29.3 Å². The Balaban J connectivity index is 2.76. The first-order valence-electron chi connectivity index (χ1n) is 4.83. The zero-order valence-corrected chi connectivity index (χ0v) is 10.3. The first kappa shape index (κ1) is 13.4. The highest BCUT2D eigenvalue weighted by atomic mass is 32.2. The van der Waals surface area contributed by atoms with Crippen molar-refractivity contribution in [3.05, 3.63) is 18.2 Å². The molecule has 0 heterocycles. The fourth-order valence-corrected chi connectivity index (χ4v) is 1.92. The third-order valence-corrected chi connectivity index (χ3v) is 2.87. The maximum Gasteiger partial charge on any atom is 0.315 e. The Morgan fingerprint density at radius 2 is 2.18 bits per heavy atom. The first-order chi connectivity index (χ1) is 8.02. The standard InChI is InChI=1S/C11H13NO4S/c1-7(13)12-8-3-4-9(14)10(5-8)17-6-11(15)16-2/h3-5,14H,6H2,1-2H3,(H,12,13). The van der Waals surface area contributed by atoms with Crippen LogP contribution in [-0.2, 0) is 14.3 Å². The summed E-state index contributed by atoms with van der Waals surface area (Å²) in [6.45, 7) is 1.40. The summed E-state index contributed by atoms with van der Waals surface area (Å²) in [4.78, 5) is 22.3. The van der Waals surface area contributed by atoms with Gasteiger partial charge in [-0.3, -0.25) is 9.59 Å². The van der Waals surface area contributed by atoms with Crippen LogP contribution in [0.4, 0.5) is 5.69 Å². The highest BCUT2D eigenvalue weighted by Crippen LogP contribution is 2.31. The Hall–Kier alpha value is -1.69. The van der Waals surface area contributed by atoms with Gasteiger partial charge in [0.1, 0.15) is 5.75 Å². The molecule has 0 atom stereocenters. The number of methoxy groups -OCH3 is 1. The summed E-state index contributed by atoms with van der Waals surface area (Å²) >= 11 is 1.15. The number of benzene rings is 1. The van der Waals surface area contributed by atoms with Gasteiger partial charge < -0.3 is 15.2 Å². The minimum Gasteiger partial charge on any atom is -0.507 e. The lowest BCUT2D eigenvalue weighted by molar-refractivity contribution is -0.137. The number of hydrogen-bond acceptors (Lipinski definition) is 5. The number of amides is 1. The predicted octanol–water partition coefficient (Wildman–Crippen LogP) is 1.62. The fourth-order valence-electron chi connectivity index (χ4n) is 1.11. The zero-order valence-electron chi connectivity index (χ0n) is 9.52. The number of esters is 1. The molecule has 1 rings (SSSR count). The number of carbonyl (C=O) groups is 2. The highest BCUT2D eigenvalue weighted by Gasteiger charge is 2.07. The number of anilines is 1. The number of thioether (sulfide) groups is 1. The Kier molecular flexibility index (Phi) is 4.84. The lowest BCUT2D eigenvalue weighted by Crippen LogP contribution is -2.06. The van der Waals surface area contributed by atoms with E-state index in [1.54, 1.807) is 12.1 Å². The smallest absolute Gasteiger partial charge is 0.315 e. The van der Waals surface area contributed by atoms with E-state index in [2.05, 4.69) is 10.1 Å². The average Bonchev–Trinajstić information content (AvgIpc) is 2.28. The molecule has 0 bridgehead atoms. The van der Waals surface area contributed by atoms with E-state index in [-0.39, 0.29) is 23.4 Å². The number of ether oxygens (including phenoxy) is 1. The second-order valence-corrected chi connectivity index (χ2v) is 4.25. The van der Waals surface area contributed by atoms with Gasteiger partial charge in [0.05, 0.1) is 17.8 Å². The summed E-state index contributed by atoms with van der Waals surface area (Å²) < 4.78 is 4.50. The van der Waals surface area contributed by atoms with Crippen LogP contribution in [0.5, 0.6) is 5.75 Å². The summed E-state index contributed by atoms with van der Waals surface area (Å²) in [7, 11) is 1.30. The van der Waals surface area contributed by atoms with E-state index in [0.717, 1.165) is 11.8 Å². The van der Waals surface area contributed by atoms with E-state index in [1.807, 2.05) is 0 Å². The Morgan fingerprint density at radius 3 is 2.76 bits per heavy atom. The molecule has 0 spiro atoms. The monoisotopic (exact) mass is 255 g/mol. The summed E-state index contributed by atoms with van der Waals surface area (Å²) in [5.74, 6) is -0.403. The molecule has 17 heavy (non-hydrogen) atoms. The molecule has 5 nitrogen and oxygen atoms in total. The lowest BCUT2D eigenvalue weighted by atomic mass is 10.3. The minimum atomic E-state index is -0.376. The number of hydrogen-bond donors (Lipinski definition) is 2. The Bertz CT molecular complexity index is 433. The molecule has 0 fully saturated rings. The Morgan fingerprint density at radius 1 is 1.47 bits per heavy atom. The predicted molar refractivity (Wildman–Crippen MR) is 65.2 cm³/mol. The zero-order chi connectivity index (χ0) is 12.8. The lowest BCUT2D eigenvalue weighted by Gasteiger charge is -2.07. The van der Waals surface area contributed by atoms with Gasteiger partial charge in [0.15, 0.2) is 0 Å². The van der Waals surface area contributed by atoms with E-state index in [1.165, 1.54) is 20.1 Å². The van der Waals surface area contributed by atoms with Crippen molar-refractivity contribution in [3.8, 4) is 5.75 Å². The van der Waals surface area contributed by atoms with Gasteiger partial charge in [-0.15, -0.1) is 11.8 Å². The number of carbonyl (C=O) groups excluding carboxylic acids is 2. The van der Waals surface area contributed by atoms with Gasteiger partial charge in [-0.25, -0.2) is 0 Å². The minimum absolute atomic E-state index is 0.0630. The van der Waals surface area contributed by atoms with E-state index in [9.17, 15) is 14.7 Å². The average molecular weight is 255 g/mol.